The standard InChI is InChI=1S/C16H19NO3S/c1-9-6-7-10(11(8-9)20-5)14-17-13(16(2,3)4)12(21-14)15(18)19/h6-8H,1-5H3,(H,18,19). The number of aromatic carboxylic acids is 1. The monoisotopic (exact) mass is 305 g/mol. The van der Waals surface area contributed by atoms with Crippen LogP contribution in [-0.4, -0.2) is 23.2 Å². The van der Waals surface area contributed by atoms with E-state index in [1.165, 1.54) is 11.3 Å². The Kier molecular flexibility index (Phi) is 4.05. The molecular weight excluding hydrogens is 286 g/mol. The Hall–Kier alpha value is -1.88. The fourth-order valence-electron chi connectivity index (χ4n) is 2.06. The SMILES string of the molecule is COc1cc(C)ccc1-c1nc(C(C)(C)C)c(C(=O)O)s1. The highest BCUT2D eigenvalue weighted by Gasteiger charge is 2.28. The molecule has 1 aromatic carbocycles. The minimum absolute atomic E-state index is 0.292. The lowest BCUT2D eigenvalue weighted by atomic mass is 9.91. The smallest absolute Gasteiger partial charge is 0.347 e. The van der Waals surface area contributed by atoms with Gasteiger partial charge in [0, 0.05) is 5.41 Å². The number of hydrogen-bond acceptors (Lipinski definition) is 4. The molecule has 0 atom stereocenters. The normalized spacial score (nSPS) is 11.5. The molecule has 0 saturated carbocycles. The average molecular weight is 305 g/mol. The average Bonchev–Trinajstić information content (AvgIpc) is 2.83. The molecule has 0 fully saturated rings. The van der Waals surface area contributed by atoms with E-state index in [9.17, 15) is 9.90 Å². The molecule has 21 heavy (non-hydrogen) atoms. The molecular formula is C16H19NO3S. The minimum atomic E-state index is -0.935. The predicted molar refractivity (Wildman–Crippen MR) is 84.5 cm³/mol. The summed E-state index contributed by atoms with van der Waals surface area (Å²) in [5, 5.41) is 10.1. The first kappa shape index (κ1) is 15.5. The molecule has 0 spiro atoms. The van der Waals surface area contributed by atoms with Crippen LogP contribution < -0.4 is 4.74 Å². The molecule has 0 aliphatic rings. The molecule has 1 aromatic heterocycles. The number of methoxy groups -OCH3 is 1. The van der Waals surface area contributed by atoms with Crippen molar-refractivity contribution in [2.75, 3.05) is 7.11 Å². The molecule has 1 heterocycles. The Labute approximate surface area is 128 Å². The molecule has 2 aromatic rings. The summed E-state index contributed by atoms with van der Waals surface area (Å²) in [5.41, 5.74) is 2.20. The predicted octanol–water partition coefficient (Wildman–Crippen LogP) is 4.12. The van der Waals surface area contributed by atoms with Gasteiger partial charge in [0.2, 0.25) is 0 Å². The van der Waals surface area contributed by atoms with Crippen molar-refractivity contribution in [3.63, 3.8) is 0 Å². The third-order valence-electron chi connectivity index (χ3n) is 3.12. The maximum absolute atomic E-state index is 11.5. The molecule has 1 N–H and O–H groups in total. The lowest BCUT2D eigenvalue weighted by Crippen LogP contribution is -2.16. The largest absolute Gasteiger partial charge is 0.496 e. The van der Waals surface area contributed by atoms with Gasteiger partial charge in [-0.05, 0) is 24.6 Å². The van der Waals surface area contributed by atoms with Crippen molar-refractivity contribution in [1.82, 2.24) is 4.98 Å². The molecule has 2 rings (SSSR count). The number of carboxylic acid groups (broad SMARTS) is 1. The molecule has 0 bridgehead atoms. The topological polar surface area (TPSA) is 59.4 Å². The number of ether oxygens (including phenoxy) is 1. The number of aromatic nitrogens is 1. The summed E-state index contributed by atoms with van der Waals surface area (Å²) in [6, 6.07) is 5.81. The molecule has 0 unspecified atom stereocenters. The molecule has 112 valence electrons. The zero-order valence-electron chi connectivity index (χ0n) is 12.9. The third kappa shape index (κ3) is 3.08. The van der Waals surface area contributed by atoms with E-state index in [1.807, 2.05) is 45.9 Å². The van der Waals surface area contributed by atoms with Crippen LogP contribution in [0.1, 0.15) is 41.7 Å². The van der Waals surface area contributed by atoms with Crippen LogP contribution in [0, 0.1) is 6.92 Å². The van der Waals surface area contributed by atoms with Gasteiger partial charge in [-0.25, -0.2) is 9.78 Å². The number of rotatable bonds is 3. The van der Waals surface area contributed by atoms with Gasteiger partial charge in [0.05, 0.1) is 18.4 Å². The second kappa shape index (κ2) is 5.48. The highest BCUT2D eigenvalue weighted by atomic mass is 32.1. The van der Waals surface area contributed by atoms with Crippen LogP contribution in [0.4, 0.5) is 0 Å². The first-order valence-corrected chi connectivity index (χ1v) is 7.45. The summed E-state index contributed by atoms with van der Waals surface area (Å²) in [6.45, 7) is 7.87. The van der Waals surface area contributed by atoms with Gasteiger partial charge >= 0.3 is 5.97 Å². The Bertz CT molecular complexity index is 683. The van der Waals surface area contributed by atoms with E-state index in [2.05, 4.69) is 4.98 Å². The van der Waals surface area contributed by atoms with E-state index in [4.69, 9.17) is 4.74 Å². The van der Waals surface area contributed by atoms with E-state index >= 15 is 0 Å². The van der Waals surface area contributed by atoms with Gasteiger partial charge in [0.25, 0.3) is 0 Å². The number of hydrogen-bond donors (Lipinski definition) is 1. The maximum Gasteiger partial charge on any atom is 0.347 e. The number of carbonyl (C=O) groups is 1. The summed E-state index contributed by atoms with van der Waals surface area (Å²) >= 11 is 1.19. The van der Waals surface area contributed by atoms with Crippen molar-refractivity contribution in [1.29, 1.82) is 0 Å². The zero-order valence-corrected chi connectivity index (χ0v) is 13.7. The lowest BCUT2D eigenvalue weighted by molar-refractivity contribution is 0.0699. The number of benzene rings is 1. The third-order valence-corrected chi connectivity index (χ3v) is 4.20. The van der Waals surface area contributed by atoms with Crippen molar-refractivity contribution < 1.29 is 14.6 Å². The number of aryl methyl sites for hydroxylation is 1. The fraction of sp³-hybridized carbons (Fsp3) is 0.375. The van der Waals surface area contributed by atoms with Crippen molar-refractivity contribution in [2.45, 2.75) is 33.1 Å². The highest BCUT2D eigenvalue weighted by molar-refractivity contribution is 7.17. The zero-order chi connectivity index (χ0) is 15.8. The first-order chi connectivity index (χ1) is 9.74. The summed E-state index contributed by atoms with van der Waals surface area (Å²) in [6.07, 6.45) is 0. The van der Waals surface area contributed by atoms with E-state index in [-0.39, 0.29) is 5.41 Å². The Morgan fingerprint density at radius 1 is 1.33 bits per heavy atom. The van der Waals surface area contributed by atoms with Crippen LogP contribution >= 0.6 is 11.3 Å². The Balaban J connectivity index is 2.64. The molecule has 0 saturated heterocycles. The minimum Gasteiger partial charge on any atom is -0.496 e. The van der Waals surface area contributed by atoms with Crippen LogP contribution in [0.2, 0.25) is 0 Å². The van der Waals surface area contributed by atoms with E-state index in [1.54, 1.807) is 7.11 Å². The molecule has 4 nitrogen and oxygen atoms in total. The number of thiazole rings is 1. The summed E-state index contributed by atoms with van der Waals surface area (Å²) < 4.78 is 5.40. The maximum atomic E-state index is 11.5. The second-order valence-corrected chi connectivity index (χ2v) is 6.95. The quantitative estimate of drug-likeness (QED) is 0.926. The summed E-state index contributed by atoms with van der Waals surface area (Å²) in [7, 11) is 1.61. The second-order valence-electron chi connectivity index (χ2n) is 5.96. The van der Waals surface area contributed by atoms with E-state index in [0.717, 1.165) is 11.1 Å². The van der Waals surface area contributed by atoms with Crippen LogP contribution in [0.3, 0.4) is 0 Å². The van der Waals surface area contributed by atoms with Crippen LogP contribution in [0.5, 0.6) is 5.75 Å². The summed E-state index contributed by atoms with van der Waals surface area (Å²) in [4.78, 5) is 16.3. The van der Waals surface area contributed by atoms with Gasteiger partial charge in [-0.3, -0.25) is 0 Å². The Morgan fingerprint density at radius 2 is 2.00 bits per heavy atom. The Morgan fingerprint density at radius 3 is 2.48 bits per heavy atom. The van der Waals surface area contributed by atoms with Gasteiger partial charge in [0.15, 0.2) is 0 Å². The molecule has 0 aliphatic heterocycles. The van der Waals surface area contributed by atoms with Gasteiger partial charge in [-0.1, -0.05) is 26.8 Å². The fourth-order valence-corrected chi connectivity index (χ4v) is 3.21. The molecule has 5 heteroatoms. The van der Waals surface area contributed by atoms with Crippen molar-refractivity contribution in [3.8, 4) is 16.3 Å². The highest BCUT2D eigenvalue weighted by Crippen LogP contribution is 2.38. The first-order valence-electron chi connectivity index (χ1n) is 6.63. The van der Waals surface area contributed by atoms with Crippen molar-refractivity contribution in [2.24, 2.45) is 0 Å². The van der Waals surface area contributed by atoms with Crippen LogP contribution in [-0.2, 0) is 5.41 Å². The number of nitrogens with zero attached hydrogens (tertiary/aromatic N) is 1. The van der Waals surface area contributed by atoms with Gasteiger partial charge in [0.1, 0.15) is 15.6 Å². The van der Waals surface area contributed by atoms with E-state index < -0.39 is 5.97 Å². The van der Waals surface area contributed by atoms with Crippen LogP contribution in [0.15, 0.2) is 18.2 Å². The molecule has 0 amide bonds. The van der Waals surface area contributed by atoms with Crippen LogP contribution in [0.25, 0.3) is 10.6 Å². The van der Waals surface area contributed by atoms with Gasteiger partial charge < -0.3 is 9.84 Å². The van der Waals surface area contributed by atoms with Gasteiger partial charge in [-0.15, -0.1) is 11.3 Å². The van der Waals surface area contributed by atoms with Crippen molar-refractivity contribution >= 4 is 17.3 Å². The number of carboxylic acids is 1. The lowest BCUT2D eigenvalue weighted by Gasteiger charge is -2.16. The summed E-state index contributed by atoms with van der Waals surface area (Å²) in [5.74, 6) is -0.226. The molecule has 0 radical (unpaired) electrons. The van der Waals surface area contributed by atoms with Crippen molar-refractivity contribution in [3.05, 3.63) is 34.3 Å². The van der Waals surface area contributed by atoms with E-state index in [0.29, 0.717) is 21.3 Å². The molecule has 0 aliphatic carbocycles. The van der Waals surface area contributed by atoms with Gasteiger partial charge in [-0.2, -0.15) is 0 Å².